The summed E-state index contributed by atoms with van der Waals surface area (Å²) in [4.78, 5) is 8.81. The van der Waals surface area contributed by atoms with Gasteiger partial charge in [-0.1, -0.05) is 27.7 Å². The molecule has 1 fully saturated rings. The minimum Gasteiger partial charge on any atom is -0.346 e. The van der Waals surface area contributed by atoms with Crippen molar-refractivity contribution in [1.82, 2.24) is 10.3 Å². The van der Waals surface area contributed by atoms with Crippen LogP contribution in [-0.4, -0.2) is 35.1 Å². The second-order valence-corrected chi connectivity index (χ2v) is 8.07. The van der Waals surface area contributed by atoms with E-state index in [1.165, 1.54) is 27.9 Å². The SMILES string of the molecule is CCc1nc(N2CCSC(CC)C2)sc1CNC(C)C. The number of nitrogens with zero attached hydrogens (tertiary/aromatic N) is 2. The number of rotatable bonds is 6. The lowest BCUT2D eigenvalue weighted by Gasteiger charge is -2.31. The van der Waals surface area contributed by atoms with Crippen molar-refractivity contribution in [2.75, 3.05) is 23.7 Å². The third-order valence-electron chi connectivity index (χ3n) is 3.64. The Kier molecular flexibility index (Phi) is 6.18. The molecule has 1 N–H and O–H groups in total. The first-order chi connectivity index (χ1) is 9.63. The monoisotopic (exact) mass is 313 g/mol. The molecule has 0 radical (unpaired) electrons. The first kappa shape index (κ1) is 16.1. The van der Waals surface area contributed by atoms with Gasteiger partial charge >= 0.3 is 0 Å². The summed E-state index contributed by atoms with van der Waals surface area (Å²) in [5.41, 5.74) is 1.28. The second kappa shape index (κ2) is 7.66. The molecule has 2 rings (SSSR count). The van der Waals surface area contributed by atoms with Gasteiger partial charge in [0.1, 0.15) is 0 Å². The van der Waals surface area contributed by atoms with Crippen molar-refractivity contribution in [1.29, 1.82) is 0 Å². The predicted octanol–water partition coefficient (Wildman–Crippen LogP) is 3.54. The molecule has 0 aromatic carbocycles. The highest BCUT2D eigenvalue weighted by Gasteiger charge is 2.22. The molecule has 3 nitrogen and oxygen atoms in total. The van der Waals surface area contributed by atoms with E-state index in [2.05, 4.69) is 49.7 Å². The van der Waals surface area contributed by atoms with Crippen LogP contribution in [0.5, 0.6) is 0 Å². The third kappa shape index (κ3) is 4.12. The van der Waals surface area contributed by atoms with Crippen LogP contribution in [0.3, 0.4) is 0 Å². The average Bonchev–Trinajstić information content (AvgIpc) is 2.88. The average molecular weight is 314 g/mol. The van der Waals surface area contributed by atoms with Gasteiger partial charge in [-0.25, -0.2) is 4.98 Å². The standard InChI is InChI=1S/C15H27N3S2/c1-5-12-10-18(7-8-19-12)15-17-13(6-2)14(20-15)9-16-11(3)4/h11-12,16H,5-10H2,1-4H3. The normalized spacial score (nSPS) is 19.9. The topological polar surface area (TPSA) is 28.2 Å². The molecule has 1 aromatic rings. The molecule has 1 unspecified atom stereocenters. The highest BCUT2D eigenvalue weighted by atomic mass is 32.2. The van der Waals surface area contributed by atoms with Crippen molar-refractivity contribution in [2.24, 2.45) is 0 Å². The zero-order valence-electron chi connectivity index (χ0n) is 13.1. The second-order valence-electron chi connectivity index (χ2n) is 5.60. The number of aromatic nitrogens is 1. The summed E-state index contributed by atoms with van der Waals surface area (Å²) in [7, 11) is 0. The molecule has 0 saturated carbocycles. The van der Waals surface area contributed by atoms with Gasteiger partial charge in [-0.15, -0.1) is 11.3 Å². The van der Waals surface area contributed by atoms with Crippen LogP contribution in [0.2, 0.25) is 0 Å². The van der Waals surface area contributed by atoms with Gasteiger partial charge in [0, 0.05) is 41.6 Å². The smallest absolute Gasteiger partial charge is 0.185 e. The highest BCUT2D eigenvalue weighted by Crippen LogP contribution is 2.31. The van der Waals surface area contributed by atoms with E-state index in [-0.39, 0.29) is 0 Å². The lowest BCUT2D eigenvalue weighted by atomic mass is 10.3. The van der Waals surface area contributed by atoms with E-state index in [0.717, 1.165) is 31.3 Å². The zero-order chi connectivity index (χ0) is 14.5. The van der Waals surface area contributed by atoms with Crippen molar-refractivity contribution < 1.29 is 0 Å². The summed E-state index contributed by atoms with van der Waals surface area (Å²) in [6.45, 7) is 12.2. The van der Waals surface area contributed by atoms with E-state index in [9.17, 15) is 0 Å². The maximum atomic E-state index is 4.89. The molecule has 0 bridgehead atoms. The molecule has 1 aliphatic rings. The molecule has 1 saturated heterocycles. The lowest BCUT2D eigenvalue weighted by molar-refractivity contribution is 0.590. The van der Waals surface area contributed by atoms with E-state index < -0.39 is 0 Å². The lowest BCUT2D eigenvalue weighted by Crippen LogP contribution is -2.37. The maximum Gasteiger partial charge on any atom is 0.185 e. The summed E-state index contributed by atoms with van der Waals surface area (Å²) >= 11 is 4.00. The Balaban J connectivity index is 2.07. The van der Waals surface area contributed by atoms with Crippen LogP contribution in [0.1, 0.15) is 44.7 Å². The molecule has 1 aliphatic heterocycles. The molecular formula is C15H27N3S2. The van der Waals surface area contributed by atoms with Gasteiger partial charge in [-0.3, -0.25) is 0 Å². The Labute approximate surface area is 131 Å². The molecule has 2 heterocycles. The summed E-state index contributed by atoms with van der Waals surface area (Å²) in [5, 5.41) is 5.53. The molecular weight excluding hydrogens is 286 g/mol. The molecule has 1 aromatic heterocycles. The first-order valence-electron chi connectivity index (χ1n) is 7.72. The number of hydrogen-bond acceptors (Lipinski definition) is 5. The van der Waals surface area contributed by atoms with E-state index in [0.29, 0.717) is 6.04 Å². The van der Waals surface area contributed by atoms with Crippen LogP contribution in [0, 0.1) is 0 Å². The minimum atomic E-state index is 0.529. The number of hydrogen-bond donors (Lipinski definition) is 1. The van der Waals surface area contributed by atoms with E-state index in [1.807, 2.05) is 11.3 Å². The molecule has 114 valence electrons. The minimum absolute atomic E-state index is 0.529. The Morgan fingerprint density at radius 1 is 1.40 bits per heavy atom. The van der Waals surface area contributed by atoms with Crippen LogP contribution in [-0.2, 0) is 13.0 Å². The van der Waals surface area contributed by atoms with Crippen LogP contribution in [0.4, 0.5) is 5.13 Å². The third-order valence-corrected chi connectivity index (χ3v) is 6.17. The quantitative estimate of drug-likeness (QED) is 0.869. The first-order valence-corrected chi connectivity index (χ1v) is 9.59. The Hall–Kier alpha value is -0.260. The highest BCUT2D eigenvalue weighted by molar-refractivity contribution is 8.00. The van der Waals surface area contributed by atoms with Gasteiger partial charge in [0.25, 0.3) is 0 Å². The van der Waals surface area contributed by atoms with Crippen LogP contribution < -0.4 is 10.2 Å². The molecule has 1 atom stereocenters. The molecule has 5 heteroatoms. The van der Waals surface area contributed by atoms with Gasteiger partial charge in [0.05, 0.1) is 5.69 Å². The Morgan fingerprint density at radius 2 is 2.20 bits per heavy atom. The number of thioether (sulfide) groups is 1. The van der Waals surface area contributed by atoms with Crippen molar-refractivity contribution in [3.8, 4) is 0 Å². The molecule has 0 aliphatic carbocycles. The number of thiazole rings is 1. The molecule has 0 spiro atoms. The van der Waals surface area contributed by atoms with Gasteiger partial charge in [-0.05, 0) is 12.8 Å². The van der Waals surface area contributed by atoms with Gasteiger partial charge in [0.15, 0.2) is 5.13 Å². The van der Waals surface area contributed by atoms with Crippen molar-refractivity contribution in [3.05, 3.63) is 10.6 Å². The van der Waals surface area contributed by atoms with Gasteiger partial charge in [-0.2, -0.15) is 11.8 Å². The van der Waals surface area contributed by atoms with Crippen LogP contribution in [0.25, 0.3) is 0 Å². The van der Waals surface area contributed by atoms with Crippen molar-refractivity contribution >= 4 is 28.2 Å². The zero-order valence-corrected chi connectivity index (χ0v) is 14.7. The van der Waals surface area contributed by atoms with Crippen LogP contribution in [0.15, 0.2) is 0 Å². The van der Waals surface area contributed by atoms with Crippen molar-refractivity contribution in [2.45, 2.75) is 58.4 Å². The molecule has 20 heavy (non-hydrogen) atoms. The van der Waals surface area contributed by atoms with E-state index in [1.54, 1.807) is 0 Å². The van der Waals surface area contributed by atoms with Gasteiger partial charge in [0.2, 0.25) is 0 Å². The van der Waals surface area contributed by atoms with E-state index in [4.69, 9.17) is 4.98 Å². The summed E-state index contributed by atoms with van der Waals surface area (Å²) < 4.78 is 0. The fourth-order valence-corrected chi connectivity index (χ4v) is 4.67. The largest absolute Gasteiger partial charge is 0.346 e. The number of anilines is 1. The summed E-state index contributed by atoms with van der Waals surface area (Å²) in [6.07, 6.45) is 2.29. The number of nitrogens with one attached hydrogen (secondary N) is 1. The molecule has 0 amide bonds. The van der Waals surface area contributed by atoms with Crippen molar-refractivity contribution in [3.63, 3.8) is 0 Å². The Bertz CT molecular complexity index is 417. The van der Waals surface area contributed by atoms with Gasteiger partial charge < -0.3 is 10.2 Å². The summed E-state index contributed by atoms with van der Waals surface area (Å²) in [5.74, 6) is 1.24. The fraction of sp³-hybridized carbons (Fsp3) is 0.800. The van der Waals surface area contributed by atoms with Crippen LogP contribution >= 0.6 is 23.1 Å². The van der Waals surface area contributed by atoms with E-state index >= 15 is 0 Å². The maximum absolute atomic E-state index is 4.89. The Morgan fingerprint density at radius 3 is 2.85 bits per heavy atom. The summed E-state index contributed by atoms with van der Waals surface area (Å²) in [6, 6.07) is 0.529. The fourth-order valence-electron chi connectivity index (χ4n) is 2.36. The predicted molar refractivity (Wildman–Crippen MR) is 92.2 cm³/mol. The number of aryl methyl sites for hydroxylation is 1.